The fourth-order valence-corrected chi connectivity index (χ4v) is 1.35. The number of furan rings is 1. The third kappa shape index (κ3) is 2.08. The Balaban J connectivity index is 2.11. The van der Waals surface area contributed by atoms with Gasteiger partial charge < -0.3 is 9.40 Å². The molecular formula is C10H11N3O2. The summed E-state index contributed by atoms with van der Waals surface area (Å²) in [7, 11) is 0. The second-order valence-electron chi connectivity index (χ2n) is 3.13. The minimum absolute atomic E-state index is 0.333. The number of hydrogen-bond donors (Lipinski definition) is 3. The number of carbonyl (C=O) groups is 1. The number of hydrogen-bond acceptors (Lipinski definition) is 3. The van der Waals surface area contributed by atoms with E-state index < -0.39 is 0 Å². The van der Waals surface area contributed by atoms with Gasteiger partial charge >= 0.3 is 0 Å². The molecule has 2 aromatic heterocycles. The van der Waals surface area contributed by atoms with Crippen LogP contribution in [0.5, 0.6) is 0 Å². The summed E-state index contributed by atoms with van der Waals surface area (Å²) in [5.74, 6) is 5.52. The Labute approximate surface area is 86.2 Å². The highest BCUT2D eigenvalue weighted by atomic mass is 16.3. The molecule has 0 atom stereocenters. The Morgan fingerprint density at radius 2 is 2.33 bits per heavy atom. The van der Waals surface area contributed by atoms with Gasteiger partial charge in [-0.15, -0.1) is 0 Å². The molecule has 4 N–H and O–H groups in total. The topological polar surface area (TPSA) is 84.0 Å². The van der Waals surface area contributed by atoms with Gasteiger partial charge in [0.05, 0.1) is 6.26 Å². The Hall–Kier alpha value is -2.01. The van der Waals surface area contributed by atoms with Crippen LogP contribution < -0.4 is 11.3 Å². The smallest absolute Gasteiger partial charge is 0.281 e. The molecule has 0 aliphatic rings. The van der Waals surface area contributed by atoms with Crippen LogP contribution in [0.1, 0.15) is 21.9 Å². The first-order valence-corrected chi connectivity index (χ1v) is 4.51. The van der Waals surface area contributed by atoms with E-state index in [-0.39, 0.29) is 5.91 Å². The third-order valence-corrected chi connectivity index (χ3v) is 2.07. The van der Waals surface area contributed by atoms with Crippen molar-refractivity contribution in [2.75, 3.05) is 0 Å². The van der Waals surface area contributed by atoms with E-state index in [1.54, 1.807) is 12.3 Å². The quantitative estimate of drug-likeness (QED) is 0.393. The van der Waals surface area contributed by atoms with Crippen LogP contribution in [0, 0.1) is 0 Å². The summed E-state index contributed by atoms with van der Waals surface area (Å²) in [6.45, 7) is 0. The van der Waals surface area contributed by atoms with Gasteiger partial charge in [0.2, 0.25) is 0 Å². The van der Waals surface area contributed by atoms with Crippen molar-refractivity contribution >= 4 is 5.91 Å². The summed E-state index contributed by atoms with van der Waals surface area (Å²) >= 11 is 0. The average Bonchev–Trinajstić information content (AvgIpc) is 2.88. The standard InChI is InChI=1S/C10H11N3O2/c11-13-10(14)9-4-3-7(12-9)6-8-2-1-5-15-8/h1-5,12H,6,11H2,(H,13,14). The normalized spacial score (nSPS) is 10.2. The maximum Gasteiger partial charge on any atom is 0.281 e. The second kappa shape index (κ2) is 4.02. The molecule has 0 aliphatic carbocycles. The number of amides is 1. The van der Waals surface area contributed by atoms with Gasteiger partial charge in [-0.1, -0.05) is 0 Å². The van der Waals surface area contributed by atoms with Crippen molar-refractivity contribution in [1.82, 2.24) is 10.4 Å². The lowest BCUT2D eigenvalue weighted by molar-refractivity contribution is 0.0949. The fourth-order valence-electron chi connectivity index (χ4n) is 1.35. The molecule has 0 aromatic carbocycles. The number of hydrazine groups is 1. The maximum atomic E-state index is 11.1. The number of H-pyrrole nitrogens is 1. The van der Waals surface area contributed by atoms with Crippen LogP contribution in [0.15, 0.2) is 34.9 Å². The average molecular weight is 205 g/mol. The van der Waals surface area contributed by atoms with E-state index in [4.69, 9.17) is 10.3 Å². The first kappa shape index (κ1) is 9.54. The largest absolute Gasteiger partial charge is 0.469 e. The van der Waals surface area contributed by atoms with Gasteiger partial charge in [0, 0.05) is 12.1 Å². The van der Waals surface area contributed by atoms with E-state index in [1.165, 1.54) is 0 Å². The summed E-state index contributed by atoms with van der Waals surface area (Å²) in [5, 5.41) is 0. The molecule has 1 amide bonds. The van der Waals surface area contributed by atoms with Crippen molar-refractivity contribution in [3.63, 3.8) is 0 Å². The summed E-state index contributed by atoms with van der Waals surface area (Å²) < 4.78 is 5.19. The maximum absolute atomic E-state index is 11.1. The molecule has 0 fully saturated rings. The molecule has 0 bridgehead atoms. The van der Waals surface area contributed by atoms with Gasteiger partial charge in [-0.05, 0) is 24.3 Å². The lowest BCUT2D eigenvalue weighted by Gasteiger charge is -1.95. The molecule has 0 spiro atoms. The predicted molar refractivity (Wildman–Crippen MR) is 54.0 cm³/mol. The van der Waals surface area contributed by atoms with Crippen molar-refractivity contribution in [2.24, 2.45) is 5.84 Å². The number of aromatic nitrogens is 1. The zero-order valence-corrected chi connectivity index (χ0v) is 7.99. The van der Waals surface area contributed by atoms with Crippen molar-refractivity contribution in [3.8, 4) is 0 Å². The molecule has 0 saturated heterocycles. The molecule has 2 aromatic rings. The van der Waals surface area contributed by atoms with Crippen LogP contribution in [-0.4, -0.2) is 10.9 Å². The molecule has 0 radical (unpaired) electrons. The van der Waals surface area contributed by atoms with Crippen molar-refractivity contribution in [3.05, 3.63) is 47.7 Å². The molecule has 5 nitrogen and oxygen atoms in total. The Kier molecular flexibility index (Phi) is 2.55. The van der Waals surface area contributed by atoms with Gasteiger partial charge in [0.15, 0.2) is 0 Å². The van der Waals surface area contributed by atoms with Crippen LogP contribution in [0.2, 0.25) is 0 Å². The van der Waals surface area contributed by atoms with Gasteiger partial charge in [0.25, 0.3) is 5.91 Å². The Bertz CT molecular complexity index is 445. The Morgan fingerprint density at radius 3 is 3.00 bits per heavy atom. The van der Waals surface area contributed by atoms with Crippen molar-refractivity contribution < 1.29 is 9.21 Å². The van der Waals surface area contributed by atoms with Gasteiger partial charge in [-0.25, -0.2) is 5.84 Å². The minimum atomic E-state index is -0.333. The molecule has 5 heteroatoms. The van der Waals surface area contributed by atoms with Crippen LogP contribution in [0.25, 0.3) is 0 Å². The van der Waals surface area contributed by atoms with Crippen LogP contribution in [0.4, 0.5) is 0 Å². The summed E-state index contributed by atoms with van der Waals surface area (Å²) in [5.41, 5.74) is 3.41. The number of nitrogens with one attached hydrogen (secondary N) is 2. The zero-order chi connectivity index (χ0) is 10.7. The lowest BCUT2D eigenvalue weighted by atomic mass is 10.2. The van der Waals surface area contributed by atoms with Crippen molar-refractivity contribution in [1.29, 1.82) is 0 Å². The van der Waals surface area contributed by atoms with Crippen LogP contribution in [-0.2, 0) is 6.42 Å². The second-order valence-corrected chi connectivity index (χ2v) is 3.13. The first-order chi connectivity index (χ1) is 7.29. The Morgan fingerprint density at radius 1 is 1.47 bits per heavy atom. The highest BCUT2D eigenvalue weighted by Gasteiger charge is 2.07. The number of rotatable bonds is 3. The van der Waals surface area contributed by atoms with Crippen molar-refractivity contribution in [2.45, 2.75) is 6.42 Å². The third-order valence-electron chi connectivity index (χ3n) is 2.07. The highest BCUT2D eigenvalue weighted by Crippen LogP contribution is 2.09. The van der Waals surface area contributed by atoms with E-state index in [1.807, 2.05) is 18.2 Å². The van der Waals surface area contributed by atoms with E-state index in [0.29, 0.717) is 12.1 Å². The number of nitrogens with two attached hydrogens (primary N) is 1. The number of aromatic amines is 1. The molecule has 78 valence electrons. The molecule has 0 saturated carbocycles. The van der Waals surface area contributed by atoms with Gasteiger partial charge in [-0.3, -0.25) is 10.2 Å². The minimum Gasteiger partial charge on any atom is -0.469 e. The molecule has 15 heavy (non-hydrogen) atoms. The summed E-state index contributed by atoms with van der Waals surface area (Å²) in [6.07, 6.45) is 2.25. The number of carbonyl (C=O) groups excluding carboxylic acids is 1. The van der Waals surface area contributed by atoms with Crippen LogP contribution in [0.3, 0.4) is 0 Å². The van der Waals surface area contributed by atoms with E-state index >= 15 is 0 Å². The summed E-state index contributed by atoms with van der Waals surface area (Å²) in [6, 6.07) is 7.21. The molecule has 0 aliphatic heterocycles. The molecule has 2 rings (SSSR count). The van der Waals surface area contributed by atoms with E-state index in [2.05, 4.69) is 10.4 Å². The fraction of sp³-hybridized carbons (Fsp3) is 0.100. The predicted octanol–water partition coefficient (Wildman–Crippen LogP) is 0.802. The van der Waals surface area contributed by atoms with Gasteiger partial charge in [-0.2, -0.15) is 0 Å². The number of nitrogen functional groups attached to an aromatic ring is 1. The van der Waals surface area contributed by atoms with E-state index in [0.717, 1.165) is 11.5 Å². The lowest BCUT2D eigenvalue weighted by Crippen LogP contribution is -2.30. The van der Waals surface area contributed by atoms with E-state index in [9.17, 15) is 4.79 Å². The zero-order valence-electron chi connectivity index (χ0n) is 7.99. The van der Waals surface area contributed by atoms with Gasteiger partial charge in [0.1, 0.15) is 11.5 Å². The highest BCUT2D eigenvalue weighted by molar-refractivity contribution is 5.91. The summed E-state index contributed by atoms with van der Waals surface area (Å²) in [4.78, 5) is 14.1. The molecule has 2 heterocycles. The monoisotopic (exact) mass is 205 g/mol. The first-order valence-electron chi connectivity index (χ1n) is 4.51. The molecule has 0 unspecified atom stereocenters. The van der Waals surface area contributed by atoms with Crippen LogP contribution >= 0.6 is 0 Å². The SMILES string of the molecule is NNC(=O)c1ccc(Cc2ccco2)[nH]1. The molecular weight excluding hydrogens is 194 g/mol.